The number of hydrogen-bond acceptors (Lipinski definition) is 2. The Morgan fingerprint density at radius 3 is 0.694 bits per heavy atom. The third kappa shape index (κ3) is 57.2. The molecule has 0 aromatic carbocycles. The average Bonchev–Trinajstić information content (AvgIpc) is 3.28. The number of unbranched alkanes of at least 4 members (excludes halogenated alkanes) is 50. The molecule has 0 fully saturated rings. The number of allylic oxidation sites excluding steroid dienone is 2. The van der Waals surface area contributed by atoms with Gasteiger partial charge in [-0.25, -0.2) is 0 Å². The van der Waals surface area contributed by atoms with Gasteiger partial charge >= 0.3 is 5.97 Å². The molecule has 370 valence electrons. The van der Waals surface area contributed by atoms with E-state index in [9.17, 15) is 4.79 Å². The molecule has 0 saturated carbocycles. The number of carbonyl (C=O) groups excluding carboxylic acids is 1. The molecule has 0 N–H and O–H groups in total. The van der Waals surface area contributed by atoms with Crippen LogP contribution < -0.4 is 0 Å². The molecule has 0 aliphatic rings. The molecule has 0 saturated heterocycles. The Labute approximate surface area is 393 Å². The van der Waals surface area contributed by atoms with Crippen LogP contribution in [-0.2, 0) is 9.53 Å². The fourth-order valence-corrected chi connectivity index (χ4v) is 9.49. The summed E-state index contributed by atoms with van der Waals surface area (Å²) in [6.07, 6.45) is 79.8. The lowest BCUT2D eigenvalue weighted by Crippen LogP contribution is -2.05. The molecular formula is C60H118O2. The Hall–Kier alpha value is -0.790. The van der Waals surface area contributed by atoms with Gasteiger partial charge in [0.2, 0.25) is 0 Å². The lowest BCUT2D eigenvalue weighted by Gasteiger charge is -2.06. The first-order valence-electron chi connectivity index (χ1n) is 29.6. The lowest BCUT2D eigenvalue weighted by molar-refractivity contribution is -0.143. The van der Waals surface area contributed by atoms with Crippen molar-refractivity contribution in [1.29, 1.82) is 0 Å². The molecule has 2 nitrogen and oxygen atoms in total. The van der Waals surface area contributed by atoms with Gasteiger partial charge in [-0.2, -0.15) is 0 Å². The van der Waals surface area contributed by atoms with Crippen LogP contribution >= 0.6 is 0 Å². The summed E-state index contributed by atoms with van der Waals surface area (Å²) in [5.74, 6) is 0.0271. The van der Waals surface area contributed by atoms with E-state index < -0.39 is 0 Å². The second kappa shape index (κ2) is 58.2. The average molecular weight is 872 g/mol. The highest BCUT2D eigenvalue weighted by Gasteiger charge is 2.03. The second-order valence-electron chi connectivity index (χ2n) is 20.3. The fourth-order valence-electron chi connectivity index (χ4n) is 9.49. The third-order valence-corrected chi connectivity index (χ3v) is 13.9. The summed E-state index contributed by atoms with van der Waals surface area (Å²) < 4.78 is 5.50. The van der Waals surface area contributed by atoms with Gasteiger partial charge in [-0.3, -0.25) is 4.79 Å². The summed E-state index contributed by atoms with van der Waals surface area (Å²) in [5.41, 5.74) is 0. The normalized spacial score (nSPS) is 11.7. The van der Waals surface area contributed by atoms with E-state index in [4.69, 9.17) is 4.74 Å². The maximum atomic E-state index is 12.1. The van der Waals surface area contributed by atoms with Gasteiger partial charge in [0.1, 0.15) is 0 Å². The SMILES string of the molecule is CCCCCCCCC=CCCCCCCCCCC(=O)OCCCCCCCCCCCCCCCCCCCCCCCCCCCCCCCCCCCCCCCC. The van der Waals surface area contributed by atoms with Crippen LogP contribution in [0.4, 0.5) is 0 Å². The molecule has 0 aromatic heterocycles. The van der Waals surface area contributed by atoms with Gasteiger partial charge in [-0.05, 0) is 38.5 Å². The topological polar surface area (TPSA) is 26.3 Å². The highest BCUT2D eigenvalue weighted by atomic mass is 16.5. The molecule has 0 spiro atoms. The van der Waals surface area contributed by atoms with E-state index in [1.807, 2.05) is 0 Å². The highest BCUT2D eigenvalue weighted by Crippen LogP contribution is 2.18. The number of esters is 1. The van der Waals surface area contributed by atoms with Crippen LogP contribution in [0.15, 0.2) is 12.2 Å². The fraction of sp³-hybridized carbons (Fsp3) is 0.950. The molecule has 0 unspecified atom stereocenters. The Morgan fingerprint density at radius 1 is 0.258 bits per heavy atom. The minimum atomic E-state index is 0.0271. The van der Waals surface area contributed by atoms with Crippen LogP contribution in [0.5, 0.6) is 0 Å². The molecule has 0 radical (unpaired) electrons. The molecule has 0 atom stereocenters. The molecular weight excluding hydrogens is 753 g/mol. The quantitative estimate of drug-likeness (QED) is 0.0346. The van der Waals surface area contributed by atoms with Crippen LogP contribution in [0.3, 0.4) is 0 Å². The standard InChI is InChI=1S/C60H118O2/c1-3-5-7-9-11-13-15-17-19-21-22-23-24-25-26-27-28-29-30-31-32-33-34-35-36-37-38-39-40-41-43-45-47-49-51-53-55-57-59-62-60(61)58-56-54-52-50-48-46-44-42-20-18-16-14-12-10-8-6-4-2/h18,20H,3-17,19,21-59H2,1-2H3. The Morgan fingerprint density at radius 2 is 0.452 bits per heavy atom. The third-order valence-electron chi connectivity index (χ3n) is 13.9. The van der Waals surface area contributed by atoms with E-state index in [-0.39, 0.29) is 5.97 Å². The Balaban J connectivity index is 3.14. The maximum absolute atomic E-state index is 12.1. The van der Waals surface area contributed by atoms with Gasteiger partial charge in [0.25, 0.3) is 0 Å². The van der Waals surface area contributed by atoms with E-state index in [1.54, 1.807) is 0 Å². The smallest absolute Gasteiger partial charge is 0.305 e. The van der Waals surface area contributed by atoms with Crippen molar-refractivity contribution in [2.75, 3.05) is 6.61 Å². The second-order valence-corrected chi connectivity index (χ2v) is 20.3. The molecule has 62 heavy (non-hydrogen) atoms. The molecule has 2 heteroatoms. The summed E-state index contributed by atoms with van der Waals surface area (Å²) >= 11 is 0. The zero-order valence-electron chi connectivity index (χ0n) is 43.4. The van der Waals surface area contributed by atoms with Gasteiger partial charge in [0.05, 0.1) is 6.61 Å². The first kappa shape index (κ1) is 61.2. The number of hydrogen-bond donors (Lipinski definition) is 0. The van der Waals surface area contributed by atoms with Crippen molar-refractivity contribution in [3.63, 3.8) is 0 Å². The van der Waals surface area contributed by atoms with Crippen LogP contribution in [-0.4, -0.2) is 12.6 Å². The van der Waals surface area contributed by atoms with Crippen LogP contribution in [0.2, 0.25) is 0 Å². The van der Waals surface area contributed by atoms with Gasteiger partial charge in [-0.15, -0.1) is 0 Å². The summed E-state index contributed by atoms with van der Waals surface area (Å²) in [7, 11) is 0. The van der Waals surface area contributed by atoms with E-state index >= 15 is 0 Å². The number of carbonyl (C=O) groups is 1. The van der Waals surface area contributed by atoms with Crippen molar-refractivity contribution in [2.24, 2.45) is 0 Å². The first-order chi connectivity index (χ1) is 30.8. The van der Waals surface area contributed by atoms with E-state index in [0.29, 0.717) is 13.0 Å². The van der Waals surface area contributed by atoms with E-state index in [0.717, 1.165) is 12.8 Å². The van der Waals surface area contributed by atoms with Crippen molar-refractivity contribution < 1.29 is 9.53 Å². The Kier molecular flexibility index (Phi) is 57.5. The van der Waals surface area contributed by atoms with Crippen LogP contribution in [0.1, 0.15) is 361 Å². The van der Waals surface area contributed by atoms with Crippen molar-refractivity contribution in [2.45, 2.75) is 361 Å². The van der Waals surface area contributed by atoms with E-state index in [2.05, 4.69) is 26.0 Å². The zero-order chi connectivity index (χ0) is 44.6. The largest absolute Gasteiger partial charge is 0.466 e. The minimum Gasteiger partial charge on any atom is -0.466 e. The molecule has 0 aromatic rings. The van der Waals surface area contributed by atoms with Crippen molar-refractivity contribution in [3.05, 3.63) is 12.2 Å². The van der Waals surface area contributed by atoms with Crippen LogP contribution in [0, 0.1) is 0 Å². The first-order valence-corrected chi connectivity index (χ1v) is 29.6. The summed E-state index contributed by atoms with van der Waals surface area (Å²) in [6, 6.07) is 0. The summed E-state index contributed by atoms with van der Waals surface area (Å²) in [4.78, 5) is 12.1. The zero-order valence-corrected chi connectivity index (χ0v) is 43.4. The van der Waals surface area contributed by atoms with Gasteiger partial charge < -0.3 is 4.74 Å². The molecule has 0 heterocycles. The lowest BCUT2D eigenvalue weighted by atomic mass is 10.0. The minimum absolute atomic E-state index is 0.0271. The van der Waals surface area contributed by atoms with Gasteiger partial charge in [0, 0.05) is 6.42 Å². The van der Waals surface area contributed by atoms with Gasteiger partial charge in [0.15, 0.2) is 0 Å². The molecule has 0 amide bonds. The van der Waals surface area contributed by atoms with Crippen LogP contribution in [0.25, 0.3) is 0 Å². The highest BCUT2D eigenvalue weighted by molar-refractivity contribution is 5.69. The van der Waals surface area contributed by atoms with Gasteiger partial charge in [-0.1, -0.05) is 328 Å². The van der Waals surface area contributed by atoms with Crippen molar-refractivity contribution in [3.8, 4) is 0 Å². The monoisotopic (exact) mass is 871 g/mol. The maximum Gasteiger partial charge on any atom is 0.305 e. The van der Waals surface area contributed by atoms with Crippen molar-refractivity contribution in [1.82, 2.24) is 0 Å². The van der Waals surface area contributed by atoms with Crippen molar-refractivity contribution >= 4 is 5.97 Å². The number of rotatable bonds is 56. The summed E-state index contributed by atoms with van der Waals surface area (Å²) in [5, 5.41) is 0. The molecule has 0 aliphatic heterocycles. The Bertz CT molecular complexity index is 818. The molecule has 0 aliphatic carbocycles. The predicted octanol–water partition coefficient (Wildman–Crippen LogP) is 22.2. The molecule has 0 bridgehead atoms. The van der Waals surface area contributed by atoms with E-state index in [1.165, 1.54) is 327 Å². The predicted molar refractivity (Wildman–Crippen MR) is 281 cm³/mol. The number of ether oxygens (including phenoxy) is 1. The summed E-state index contributed by atoms with van der Waals surface area (Å²) in [6.45, 7) is 5.23. The molecule has 0 rings (SSSR count).